The quantitative estimate of drug-likeness (QED) is 0.544. The first kappa shape index (κ1) is 20.1. The third-order valence-electron chi connectivity index (χ3n) is 4.36. The number of aliphatic imine (C=N–C) groups is 1. The molecule has 25 heavy (non-hydrogen) atoms. The zero-order valence-electron chi connectivity index (χ0n) is 15.2. The van der Waals surface area contributed by atoms with Crippen LogP contribution in [0.25, 0.3) is 0 Å². The Balaban J connectivity index is 1.77. The lowest BCUT2D eigenvalue weighted by Gasteiger charge is -2.32. The van der Waals surface area contributed by atoms with E-state index in [1.165, 1.54) is 4.88 Å². The van der Waals surface area contributed by atoms with Crippen molar-refractivity contribution in [1.82, 2.24) is 15.5 Å². The van der Waals surface area contributed by atoms with E-state index in [1.807, 2.05) is 4.90 Å². The van der Waals surface area contributed by atoms with Crippen LogP contribution in [0.4, 0.5) is 8.78 Å². The molecule has 0 saturated carbocycles. The van der Waals surface area contributed by atoms with Gasteiger partial charge in [0.2, 0.25) is 0 Å². The topological polar surface area (TPSA) is 39.7 Å². The molecule has 0 radical (unpaired) electrons. The molecular weight excluding hydrogens is 342 g/mol. The van der Waals surface area contributed by atoms with Crippen LogP contribution in [0.15, 0.2) is 22.5 Å². The Morgan fingerprint density at radius 2 is 2.16 bits per heavy atom. The van der Waals surface area contributed by atoms with Crippen LogP contribution in [0.1, 0.15) is 31.6 Å². The van der Waals surface area contributed by atoms with Gasteiger partial charge < -0.3 is 10.6 Å². The predicted octanol–water partition coefficient (Wildman–Crippen LogP) is 3.21. The number of piperidine rings is 1. The molecular formula is C18H30F2N4S. The highest BCUT2D eigenvalue weighted by Crippen LogP contribution is 2.15. The summed E-state index contributed by atoms with van der Waals surface area (Å²) in [4.78, 5) is 7.96. The standard InChI is InChI=1S/C18H30F2N4S/c1-3-21-18(22-12-14(2)11-16-5-4-10-25-16)23-15-6-8-24(9-7-15)13-17(19)20/h4-5,10,14-15,17H,3,6-9,11-13H2,1-2H3,(H2,21,22,23). The summed E-state index contributed by atoms with van der Waals surface area (Å²) < 4.78 is 24.9. The third kappa shape index (κ3) is 7.69. The molecule has 2 rings (SSSR count). The van der Waals surface area contributed by atoms with Gasteiger partial charge in [0.25, 0.3) is 6.43 Å². The van der Waals surface area contributed by atoms with Crippen LogP contribution in [0.5, 0.6) is 0 Å². The van der Waals surface area contributed by atoms with Gasteiger partial charge in [-0.15, -0.1) is 11.3 Å². The van der Waals surface area contributed by atoms with Crippen molar-refractivity contribution >= 4 is 17.3 Å². The molecule has 0 bridgehead atoms. The van der Waals surface area contributed by atoms with Gasteiger partial charge >= 0.3 is 0 Å². The summed E-state index contributed by atoms with van der Waals surface area (Å²) in [5.41, 5.74) is 0. The second-order valence-electron chi connectivity index (χ2n) is 6.72. The number of likely N-dealkylation sites (tertiary alicyclic amines) is 1. The normalized spacial score (nSPS) is 18.5. The molecule has 2 heterocycles. The summed E-state index contributed by atoms with van der Waals surface area (Å²) in [7, 11) is 0. The Hall–Kier alpha value is -1.21. The highest BCUT2D eigenvalue weighted by Gasteiger charge is 2.22. The van der Waals surface area contributed by atoms with E-state index in [0.29, 0.717) is 12.0 Å². The van der Waals surface area contributed by atoms with Gasteiger partial charge in [0.05, 0.1) is 6.54 Å². The van der Waals surface area contributed by atoms with Gasteiger partial charge in [0, 0.05) is 37.1 Å². The van der Waals surface area contributed by atoms with E-state index in [1.54, 1.807) is 11.3 Å². The molecule has 0 aliphatic carbocycles. The van der Waals surface area contributed by atoms with Crippen molar-refractivity contribution in [2.24, 2.45) is 10.9 Å². The molecule has 0 amide bonds. The summed E-state index contributed by atoms with van der Waals surface area (Å²) >= 11 is 1.79. The van der Waals surface area contributed by atoms with Crippen LogP contribution >= 0.6 is 11.3 Å². The molecule has 1 unspecified atom stereocenters. The molecule has 4 nitrogen and oxygen atoms in total. The predicted molar refractivity (Wildman–Crippen MR) is 102 cm³/mol. The molecule has 1 saturated heterocycles. The van der Waals surface area contributed by atoms with Crippen LogP contribution < -0.4 is 10.6 Å². The Bertz CT molecular complexity index is 499. The number of nitrogens with zero attached hydrogens (tertiary/aromatic N) is 2. The van der Waals surface area contributed by atoms with E-state index >= 15 is 0 Å². The van der Waals surface area contributed by atoms with Crippen molar-refractivity contribution in [2.45, 2.75) is 45.6 Å². The average Bonchev–Trinajstić information content (AvgIpc) is 3.07. The number of alkyl halides is 2. The molecule has 2 N–H and O–H groups in total. The lowest BCUT2D eigenvalue weighted by Crippen LogP contribution is -2.49. The van der Waals surface area contributed by atoms with Crippen molar-refractivity contribution in [3.05, 3.63) is 22.4 Å². The highest BCUT2D eigenvalue weighted by atomic mass is 32.1. The van der Waals surface area contributed by atoms with E-state index in [2.05, 4.69) is 42.0 Å². The zero-order chi connectivity index (χ0) is 18.1. The smallest absolute Gasteiger partial charge is 0.251 e. The van der Waals surface area contributed by atoms with Gasteiger partial charge in [-0.3, -0.25) is 9.89 Å². The van der Waals surface area contributed by atoms with E-state index in [4.69, 9.17) is 4.99 Å². The highest BCUT2D eigenvalue weighted by molar-refractivity contribution is 7.09. The van der Waals surface area contributed by atoms with Gasteiger partial charge in [-0.1, -0.05) is 13.0 Å². The average molecular weight is 373 g/mol. The molecule has 1 aliphatic rings. The van der Waals surface area contributed by atoms with Crippen molar-refractivity contribution in [1.29, 1.82) is 0 Å². The molecule has 1 aliphatic heterocycles. The summed E-state index contributed by atoms with van der Waals surface area (Å²) in [5.74, 6) is 1.33. The van der Waals surface area contributed by atoms with Gasteiger partial charge in [0.15, 0.2) is 5.96 Å². The second kappa shape index (κ2) is 10.7. The number of rotatable bonds is 8. The molecule has 1 fully saturated rings. The zero-order valence-corrected chi connectivity index (χ0v) is 16.0. The van der Waals surface area contributed by atoms with Crippen LogP contribution in [0.2, 0.25) is 0 Å². The summed E-state index contributed by atoms with van der Waals surface area (Å²) in [6.45, 7) is 7.19. The maximum absolute atomic E-state index is 12.5. The Labute approximate surface area is 153 Å². The number of nitrogens with one attached hydrogen (secondary N) is 2. The van der Waals surface area contributed by atoms with E-state index < -0.39 is 6.43 Å². The lowest BCUT2D eigenvalue weighted by molar-refractivity contribution is 0.0744. The minimum absolute atomic E-state index is 0.110. The van der Waals surface area contributed by atoms with Crippen molar-refractivity contribution in [2.75, 3.05) is 32.7 Å². The summed E-state index contributed by atoms with van der Waals surface area (Å²) in [6.07, 6.45) is 0.560. The molecule has 0 aromatic carbocycles. The van der Waals surface area contributed by atoms with E-state index in [-0.39, 0.29) is 6.54 Å². The molecule has 1 atom stereocenters. The first-order valence-electron chi connectivity index (χ1n) is 9.14. The summed E-state index contributed by atoms with van der Waals surface area (Å²) in [5, 5.41) is 8.88. The first-order valence-corrected chi connectivity index (χ1v) is 10.0. The molecule has 0 spiro atoms. The minimum atomic E-state index is -2.24. The van der Waals surface area contributed by atoms with Gasteiger partial charge in [-0.05, 0) is 43.6 Å². The first-order chi connectivity index (χ1) is 12.1. The van der Waals surface area contributed by atoms with E-state index in [9.17, 15) is 8.78 Å². The Kier molecular flexibility index (Phi) is 8.61. The van der Waals surface area contributed by atoms with Crippen molar-refractivity contribution in [3.8, 4) is 0 Å². The maximum Gasteiger partial charge on any atom is 0.251 e. The fraction of sp³-hybridized carbons (Fsp3) is 0.722. The van der Waals surface area contributed by atoms with Gasteiger partial charge in [-0.2, -0.15) is 0 Å². The van der Waals surface area contributed by atoms with Gasteiger partial charge in [-0.25, -0.2) is 8.78 Å². The SMILES string of the molecule is CCNC(=NCC(C)Cc1cccs1)NC1CCN(CC(F)F)CC1. The molecule has 142 valence electrons. The number of thiophene rings is 1. The number of hydrogen-bond donors (Lipinski definition) is 2. The molecule has 7 heteroatoms. The molecule has 1 aromatic rings. The van der Waals surface area contributed by atoms with Crippen molar-refractivity contribution < 1.29 is 8.78 Å². The third-order valence-corrected chi connectivity index (χ3v) is 5.26. The van der Waals surface area contributed by atoms with Crippen LogP contribution in [-0.2, 0) is 6.42 Å². The fourth-order valence-electron chi connectivity index (χ4n) is 3.05. The largest absolute Gasteiger partial charge is 0.357 e. The maximum atomic E-state index is 12.5. The minimum Gasteiger partial charge on any atom is -0.357 e. The Morgan fingerprint density at radius 3 is 2.76 bits per heavy atom. The number of guanidine groups is 1. The fourth-order valence-corrected chi connectivity index (χ4v) is 3.92. The van der Waals surface area contributed by atoms with Crippen LogP contribution in [0.3, 0.4) is 0 Å². The van der Waals surface area contributed by atoms with Gasteiger partial charge in [0.1, 0.15) is 0 Å². The van der Waals surface area contributed by atoms with Crippen LogP contribution in [0, 0.1) is 5.92 Å². The van der Waals surface area contributed by atoms with Crippen LogP contribution in [-0.4, -0.2) is 56.1 Å². The number of halogens is 2. The Morgan fingerprint density at radius 1 is 1.40 bits per heavy atom. The molecule has 1 aromatic heterocycles. The number of hydrogen-bond acceptors (Lipinski definition) is 3. The van der Waals surface area contributed by atoms with Crippen molar-refractivity contribution in [3.63, 3.8) is 0 Å². The van der Waals surface area contributed by atoms with E-state index in [0.717, 1.165) is 51.4 Å². The lowest BCUT2D eigenvalue weighted by atomic mass is 10.1. The second-order valence-corrected chi connectivity index (χ2v) is 7.75. The summed E-state index contributed by atoms with van der Waals surface area (Å²) in [6, 6.07) is 4.56. The monoisotopic (exact) mass is 372 g/mol.